The first kappa shape index (κ1) is 19.2. The molecule has 128 valence electrons. The normalized spacial score (nSPS) is 12.7. The van der Waals surface area contributed by atoms with Gasteiger partial charge in [0.25, 0.3) is 0 Å². The van der Waals surface area contributed by atoms with Crippen LogP contribution in [0.2, 0.25) is 0 Å². The van der Waals surface area contributed by atoms with Gasteiger partial charge in [-0.3, -0.25) is 0 Å². The summed E-state index contributed by atoms with van der Waals surface area (Å²) in [6.45, 7) is 5.09. The molecule has 1 rings (SSSR count). The lowest BCUT2D eigenvalue weighted by molar-refractivity contribution is 0.297. The predicted octanol–water partition coefficient (Wildman–Crippen LogP) is 1.23. The van der Waals surface area contributed by atoms with E-state index in [1.54, 1.807) is 12.1 Å². The maximum Gasteiger partial charge on any atom is 0.130 e. The second kappa shape index (κ2) is 10.0. The van der Waals surface area contributed by atoms with E-state index in [9.17, 15) is 0 Å². The molecule has 0 saturated heterocycles. The molecule has 0 radical (unpaired) electrons. The van der Waals surface area contributed by atoms with Gasteiger partial charge in [0.15, 0.2) is 0 Å². The van der Waals surface area contributed by atoms with Crippen molar-refractivity contribution in [1.29, 1.82) is 10.5 Å². The Morgan fingerprint density at radius 2 is 1.25 bits per heavy atom. The van der Waals surface area contributed by atoms with E-state index in [0.717, 1.165) is 25.7 Å². The zero-order valence-electron chi connectivity index (χ0n) is 14.3. The van der Waals surface area contributed by atoms with Crippen molar-refractivity contribution in [1.82, 2.24) is 0 Å². The summed E-state index contributed by atoms with van der Waals surface area (Å²) in [6.07, 6.45) is 3.69. The van der Waals surface area contributed by atoms with E-state index >= 15 is 0 Å². The van der Waals surface area contributed by atoms with Gasteiger partial charge >= 0.3 is 0 Å². The fourth-order valence-electron chi connectivity index (χ4n) is 1.99. The molecule has 0 amide bonds. The van der Waals surface area contributed by atoms with Crippen LogP contribution in [-0.4, -0.2) is 13.2 Å². The molecule has 0 bridgehead atoms. The van der Waals surface area contributed by atoms with Gasteiger partial charge in [0.2, 0.25) is 0 Å². The SMILES string of the molecule is CCCCOc1c/c(=C(/N)C#N)c(OCCCC)c/c1=C(/N)C#N. The second-order valence-corrected chi connectivity index (χ2v) is 5.30. The lowest BCUT2D eigenvalue weighted by atomic mass is 10.1. The highest BCUT2D eigenvalue weighted by molar-refractivity contribution is 5.63. The van der Waals surface area contributed by atoms with Crippen LogP contribution in [0.5, 0.6) is 11.5 Å². The molecule has 0 atom stereocenters. The van der Waals surface area contributed by atoms with Crippen molar-refractivity contribution in [2.24, 2.45) is 11.5 Å². The summed E-state index contributed by atoms with van der Waals surface area (Å²) >= 11 is 0. The molecule has 24 heavy (non-hydrogen) atoms. The predicted molar refractivity (Wildman–Crippen MR) is 92.9 cm³/mol. The molecule has 4 N–H and O–H groups in total. The van der Waals surface area contributed by atoms with Crippen LogP contribution in [0.4, 0.5) is 0 Å². The number of hydrogen-bond donors (Lipinski definition) is 2. The van der Waals surface area contributed by atoms with Gasteiger partial charge in [-0.1, -0.05) is 26.7 Å². The van der Waals surface area contributed by atoms with Gasteiger partial charge in [0, 0.05) is 0 Å². The minimum Gasteiger partial charge on any atom is -0.493 e. The molecule has 0 heterocycles. The molecule has 0 aliphatic rings. The monoisotopic (exact) mass is 328 g/mol. The Labute approximate surface area is 142 Å². The molecule has 6 heteroatoms. The highest BCUT2D eigenvalue weighted by Crippen LogP contribution is 2.10. The third kappa shape index (κ3) is 5.10. The first-order valence-corrected chi connectivity index (χ1v) is 8.08. The van der Waals surface area contributed by atoms with E-state index in [1.165, 1.54) is 0 Å². The smallest absolute Gasteiger partial charge is 0.130 e. The summed E-state index contributed by atoms with van der Waals surface area (Å²) in [5.74, 6) is 0.858. The number of benzene rings is 1. The Morgan fingerprint density at radius 1 is 0.875 bits per heavy atom. The summed E-state index contributed by atoms with van der Waals surface area (Å²) in [5.41, 5.74) is 11.7. The number of nitrogens with two attached hydrogens (primary N) is 2. The number of rotatable bonds is 8. The zero-order valence-corrected chi connectivity index (χ0v) is 14.3. The summed E-state index contributed by atoms with van der Waals surface area (Å²) < 4.78 is 11.5. The Morgan fingerprint density at radius 3 is 1.54 bits per heavy atom. The van der Waals surface area contributed by atoms with Gasteiger partial charge in [-0.15, -0.1) is 0 Å². The van der Waals surface area contributed by atoms with Crippen LogP contribution in [0.15, 0.2) is 12.1 Å². The van der Waals surface area contributed by atoms with Crippen LogP contribution in [0.3, 0.4) is 0 Å². The Kier molecular flexibility index (Phi) is 8.01. The molecule has 0 aliphatic heterocycles. The molecular formula is C18H24N4O2. The summed E-state index contributed by atoms with van der Waals surface area (Å²) in [4.78, 5) is 0. The average Bonchev–Trinajstić information content (AvgIpc) is 2.61. The number of nitrogens with zero attached hydrogens (tertiary/aromatic N) is 2. The molecular weight excluding hydrogens is 304 g/mol. The molecule has 1 aromatic rings. The minimum atomic E-state index is 0.0314. The third-order valence-corrected chi connectivity index (χ3v) is 3.41. The number of ether oxygens (including phenoxy) is 2. The third-order valence-electron chi connectivity index (χ3n) is 3.41. The van der Waals surface area contributed by atoms with Crippen molar-refractivity contribution >= 4 is 11.4 Å². The largest absolute Gasteiger partial charge is 0.493 e. The van der Waals surface area contributed by atoms with Gasteiger partial charge in [-0.05, 0) is 25.0 Å². The maximum absolute atomic E-state index is 9.12. The molecule has 1 aromatic carbocycles. The van der Waals surface area contributed by atoms with Crippen molar-refractivity contribution in [3.05, 3.63) is 22.6 Å². The van der Waals surface area contributed by atoms with Gasteiger partial charge < -0.3 is 20.9 Å². The fraction of sp³-hybridized carbons (Fsp3) is 0.444. The quantitative estimate of drug-likeness (QED) is 0.693. The van der Waals surface area contributed by atoms with Crippen molar-refractivity contribution in [3.8, 4) is 23.6 Å². The second-order valence-electron chi connectivity index (χ2n) is 5.30. The lowest BCUT2D eigenvalue weighted by Crippen LogP contribution is -2.24. The molecule has 0 spiro atoms. The maximum atomic E-state index is 9.12. The molecule has 0 fully saturated rings. The summed E-state index contributed by atoms with van der Waals surface area (Å²) in [5, 5.41) is 19.2. The van der Waals surface area contributed by atoms with Crippen LogP contribution in [0.1, 0.15) is 39.5 Å². The number of nitriles is 2. The highest BCUT2D eigenvalue weighted by atomic mass is 16.5. The van der Waals surface area contributed by atoms with Crippen LogP contribution in [-0.2, 0) is 0 Å². The fourth-order valence-corrected chi connectivity index (χ4v) is 1.99. The van der Waals surface area contributed by atoms with E-state index in [1.807, 2.05) is 12.1 Å². The molecule has 0 aliphatic carbocycles. The lowest BCUT2D eigenvalue weighted by Gasteiger charge is -2.12. The Balaban J connectivity index is 3.51. The van der Waals surface area contributed by atoms with Crippen molar-refractivity contribution in [2.45, 2.75) is 39.5 Å². The van der Waals surface area contributed by atoms with Crippen molar-refractivity contribution < 1.29 is 9.47 Å². The minimum absolute atomic E-state index is 0.0314. The molecule has 6 nitrogen and oxygen atoms in total. The molecule has 0 unspecified atom stereocenters. The highest BCUT2D eigenvalue weighted by Gasteiger charge is 2.09. The number of unbranched alkanes of at least 4 members (excludes halogenated alkanes) is 2. The van der Waals surface area contributed by atoms with Crippen LogP contribution >= 0.6 is 0 Å². The van der Waals surface area contributed by atoms with Crippen LogP contribution in [0, 0.1) is 22.7 Å². The van der Waals surface area contributed by atoms with Crippen molar-refractivity contribution in [2.75, 3.05) is 13.2 Å². The summed E-state index contributed by atoms with van der Waals surface area (Å²) in [7, 11) is 0. The van der Waals surface area contributed by atoms with Gasteiger partial charge in [0.05, 0.1) is 23.7 Å². The Bertz CT molecular complexity index is 691. The van der Waals surface area contributed by atoms with Gasteiger partial charge in [-0.2, -0.15) is 10.5 Å². The summed E-state index contributed by atoms with van der Waals surface area (Å²) in [6, 6.07) is 7.09. The first-order chi connectivity index (χ1) is 11.6. The topological polar surface area (TPSA) is 118 Å². The van der Waals surface area contributed by atoms with Crippen LogP contribution in [0.25, 0.3) is 11.4 Å². The van der Waals surface area contributed by atoms with E-state index < -0.39 is 0 Å². The van der Waals surface area contributed by atoms with E-state index in [4.69, 9.17) is 31.5 Å². The van der Waals surface area contributed by atoms with Gasteiger partial charge in [-0.25, -0.2) is 0 Å². The average molecular weight is 328 g/mol. The van der Waals surface area contributed by atoms with Crippen molar-refractivity contribution in [3.63, 3.8) is 0 Å². The zero-order chi connectivity index (χ0) is 17.9. The van der Waals surface area contributed by atoms with E-state index in [2.05, 4.69) is 13.8 Å². The first-order valence-electron chi connectivity index (χ1n) is 8.08. The van der Waals surface area contributed by atoms with Crippen LogP contribution < -0.4 is 31.4 Å². The molecule has 0 aromatic heterocycles. The van der Waals surface area contributed by atoms with E-state index in [-0.39, 0.29) is 11.4 Å². The van der Waals surface area contributed by atoms with Gasteiger partial charge in [0.1, 0.15) is 35.0 Å². The Hall–Kier alpha value is -2.86. The van der Waals surface area contributed by atoms with E-state index in [0.29, 0.717) is 35.2 Å². The standard InChI is InChI=1S/C18H24N4O2/c1-3-5-7-23-17-9-14(16(22)12-20)18(24-8-6-4-2)10-13(17)15(21)11-19/h9-10H,3-8,21-22H2,1-2H3/b15-13-,16-14-. The molecule has 0 saturated carbocycles. The number of hydrogen-bond acceptors (Lipinski definition) is 6.